The zero-order valence-corrected chi connectivity index (χ0v) is 11.5. The molecule has 1 rings (SSSR count). The summed E-state index contributed by atoms with van der Waals surface area (Å²) in [4.78, 5) is 12.4. The summed E-state index contributed by atoms with van der Waals surface area (Å²) < 4.78 is 0. The fourth-order valence-electron chi connectivity index (χ4n) is 1.27. The predicted molar refractivity (Wildman–Crippen MR) is 74.6 cm³/mol. The molecule has 0 radical (unpaired) electrons. The lowest BCUT2D eigenvalue weighted by atomic mass is 10.1. The van der Waals surface area contributed by atoms with Crippen molar-refractivity contribution in [2.45, 2.75) is 40.7 Å². The minimum atomic E-state index is 0.197. The van der Waals surface area contributed by atoms with Gasteiger partial charge in [0.25, 0.3) is 0 Å². The van der Waals surface area contributed by atoms with Crippen molar-refractivity contribution in [3.63, 3.8) is 0 Å². The zero-order valence-electron chi connectivity index (χ0n) is 11.5. The molecule has 0 aliphatic carbocycles. The summed E-state index contributed by atoms with van der Waals surface area (Å²) in [7, 11) is 0. The van der Waals surface area contributed by atoms with E-state index in [0.29, 0.717) is 0 Å². The first-order valence-electron chi connectivity index (χ1n) is 6.11. The van der Waals surface area contributed by atoms with Gasteiger partial charge in [0.15, 0.2) is 0 Å². The zero-order chi connectivity index (χ0) is 13.3. The third-order valence-corrected chi connectivity index (χ3v) is 2.33. The molecule has 0 N–H and O–H groups in total. The van der Waals surface area contributed by atoms with Gasteiger partial charge in [-0.25, -0.2) is 0 Å². The standard InChI is InChI=1S/C13H17NO.C2H6/c1-11(2)14(10-15)9-8-13-7-5-4-6-12(13)3;1-2/h4-11H,1-3H3;1-2H3/b9-8-;. The Bertz CT molecular complexity index is 356. The van der Waals surface area contributed by atoms with Crippen molar-refractivity contribution in [3.05, 3.63) is 41.6 Å². The maximum absolute atomic E-state index is 10.7. The van der Waals surface area contributed by atoms with Crippen molar-refractivity contribution in [1.29, 1.82) is 0 Å². The highest BCUT2D eigenvalue weighted by Gasteiger charge is 2.01. The molecule has 0 aromatic heterocycles. The monoisotopic (exact) mass is 233 g/mol. The van der Waals surface area contributed by atoms with Crippen LogP contribution in [0, 0.1) is 6.92 Å². The van der Waals surface area contributed by atoms with Crippen molar-refractivity contribution in [2.24, 2.45) is 0 Å². The van der Waals surface area contributed by atoms with Gasteiger partial charge in [0.2, 0.25) is 6.41 Å². The largest absolute Gasteiger partial charge is 0.319 e. The van der Waals surface area contributed by atoms with Gasteiger partial charge in [0.1, 0.15) is 0 Å². The lowest BCUT2D eigenvalue weighted by Gasteiger charge is -2.16. The van der Waals surface area contributed by atoms with Crippen molar-refractivity contribution in [3.8, 4) is 0 Å². The fourth-order valence-corrected chi connectivity index (χ4v) is 1.27. The molecule has 2 nitrogen and oxygen atoms in total. The minimum Gasteiger partial charge on any atom is -0.319 e. The quantitative estimate of drug-likeness (QED) is 0.723. The molecule has 1 aromatic rings. The van der Waals surface area contributed by atoms with Crippen molar-refractivity contribution >= 4 is 12.5 Å². The Balaban J connectivity index is 0.00000121. The number of aryl methyl sites for hydroxylation is 1. The molecular formula is C15H23NO. The van der Waals surface area contributed by atoms with Gasteiger partial charge in [-0.15, -0.1) is 0 Å². The van der Waals surface area contributed by atoms with Crippen LogP contribution in [0.3, 0.4) is 0 Å². The summed E-state index contributed by atoms with van der Waals surface area (Å²) in [6, 6.07) is 8.29. The normalized spacial score (nSPS) is 10.0. The highest BCUT2D eigenvalue weighted by molar-refractivity contribution is 5.57. The number of amides is 1. The van der Waals surface area contributed by atoms with Crippen molar-refractivity contribution < 1.29 is 4.79 Å². The maximum atomic E-state index is 10.7. The van der Waals surface area contributed by atoms with Crippen LogP contribution in [-0.2, 0) is 4.79 Å². The van der Waals surface area contributed by atoms with E-state index < -0.39 is 0 Å². The number of rotatable bonds is 4. The molecule has 94 valence electrons. The van der Waals surface area contributed by atoms with Gasteiger partial charge < -0.3 is 4.90 Å². The van der Waals surface area contributed by atoms with E-state index in [9.17, 15) is 4.79 Å². The summed E-state index contributed by atoms with van der Waals surface area (Å²) in [5.74, 6) is 0. The number of nitrogens with zero attached hydrogens (tertiary/aromatic N) is 1. The van der Waals surface area contributed by atoms with E-state index in [1.807, 2.05) is 58.2 Å². The molecule has 0 bridgehead atoms. The van der Waals surface area contributed by atoms with E-state index in [0.717, 1.165) is 12.0 Å². The van der Waals surface area contributed by atoms with Crippen LogP contribution in [0.25, 0.3) is 6.08 Å². The molecule has 0 fully saturated rings. The number of carbonyl (C=O) groups is 1. The Morgan fingerprint density at radius 2 is 1.76 bits per heavy atom. The van der Waals surface area contributed by atoms with Crippen LogP contribution in [0.2, 0.25) is 0 Å². The second-order valence-electron chi connectivity index (χ2n) is 3.82. The topological polar surface area (TPSA) is 20.3 Å². The van der Waals surface area contributed by atoms with E-state index in [-0.39, 0.29) is 6.04 Å². The van der Waals surface area contributed by atoms with Crippen LogP contribution < -0.4 is 0 Å². The second kappa shape index (κ2) is 8.57. The van der Waals surface area contributed by atoms with Crippen molar-refractivity contribution in [2.75, 3.05) is 0 Å². The molecule has 1 aromatic carbocycles. The molecule has 0 saturated carbocycles. The van der Waals surface area contributed by atoms with E-state index in [1.54, 1.807) is 4.90 Å². The first-order chi connectivity index (χ1) is 8.15. The lowest BCUT2D eigenvalue weighted by molar-refractivity contribution is -0.117. The van der Waals surface area contributed by atoms with Gasteiger partial charge in [-0.1, -0.05) is 38.1 Å². The first kappa shape index (κ1) is 15.4. The summed E-state index contributed by atoms with van der Waals surface area (Å²) in [6.45, 7) is 10.0. The number of hydrogen-bond acceptors (Lipinski definition) is 1. The van der Waals surface area contributed by atoms with Crippen LogP contribution in [0.5, 0.6) is 0 Å². The van der Waals surface area contributed by atoms with Crippen LogP contribution >= 0.6 is 0 Å². The van der Waals surface area contributed by atoms with Gasteiger partial charge in [0, 0.05) is 12.2 Å². The van der Waals surface area contributed by atoms with Crippen LogP contribution in [0.15, 0.2) is 30.5 Å². The van der Waals surface area contributed by atoms with Gasteiger partial charge >= 0.3 is 0 Å². The highest BCUT2D eigenvalue weighted by Crippen LogP contribution is 2.09. The van der Waals surface area contributed by atoms with Crippen molar-refractivity contribution in [1.82, 2.24) is 4.90 Å². The summed E-state index contributed by atoms with van der Waals surface area (Å²) in [5, 5.41) is 0. The smallest absolute Gasteiger partial charge is 0.213 e. The third kappa shape index (κ3) is 5.34. The molecule has 17 heavy (non-hydrogen) atoms. The Kier molecular flexibility index (Phi) is 7.78. The molecule has 0 aliphatic heterocycles. The molecule has 2 heteroatoms. The molecule has 0 spiro atoms. The first-order valence-corrected chi connectivity index (χ1v) is 6.11. The molecule has 0 unspecified atom stereocenters. The number of hydrogen-bond donors (Lipinski definition) is 0. The Hall–Kier alpha value is -1.57. The Morgan fingerprint density at radius 3 is 2.24 bits per heavy atom. The minimum absolute atomic E-state index is 0.197. The predicted octanol–water partition coefficient (Wildman–Crippen LogP) is 3.86. The van der Waals surface area contributed by atoms with E-state index >= 15 is 0 Å². The molecule has 0 aliphatic rings. The van der Waals surface area contributed by atoms with E-state index in [2.05, 4.69) is 13.0 Å². The van der Waals surface area contributed by atoms with Crippen LogP contribution in [0.1, 0.15) is 38.8 Å². The highest BCUT2D eigenvalue weighted by atomic mass is 16.1. The Labute approximate surface area is 105 Å². The second-order valence-corrected chi connectivity index (χ2v) is 3.82. The van der Waals surface area contributed by atoms with Gasteiger partial charge in [-0.3, -0.25) is 4.79 Å². The van der Waals surface area contributed by atoms with Crippen LogP contribution in [-0.4, -0.2) is 17.4 Å². The fraction of sp³-hybridized carbons (Fsp3) is 0.400. The summed E-state index contributed by atoms with van der Waals surface area (Å²) in [6.07, 6.45) is 4.63. The average molecular weight is 233 g/mol. The van der Waals surface area contributed by atoms with Gasteiger partial charge in [0.05, 0.1) is 0 Å². The Morgan fingerprint density at radius 1 is 1.18 bits per heavy atom. The third-order valence-electron chi connectivity index (χ3n) is 2.33. The molecule has 0 atom stereocenters. The lowest BCUT2D eigenvalue weighted by Crippen LogP contribution is -2.23. The molecule has 0 saturated heterocycles. The molecule has 0 heterocycles. The molecular weight excluding hydrogens is 210 g/mol. The van der Waals surface area contributed by atoms with E-state index in [4.69, 9.17) is 0 Å². The number of carbonyl (C=O) groups excluding carboxylic acids is 1. The van der Waals surface area contributed by atoms with E-state index in [1.165, 1.54) is 5.56 Å². The maximum Gasteiger partial charge on any atom is 0.213 e. The SMILES string of the molecule is CC.Cc1ccccc1/C=C\N(C=O)C(C)C. The number of benzene rings is 1. The summed E-state index contributed by atoms with van der Waals surface area (Å²) >= 11 is 0. The molecule has 1 amide bonds. The van der Waals surface area contributed by atoms with Crippen LogP contribution in [0.4, 0.5) is 0 Å². The van der Waals surface area contributed by atoms with Gasteiger partial charge in [-0.2, -0.15) is 0 Å². The average Bonchev–Trinajstić information content (AvgIpc) is 2.34. The summed E-state index contributed by atoms with van der Waals surface area (Å²) in [5.41, 5.74) is 2.35. The van der Waals surface area contributed by atoms with Gasteiger partial charge in [-0.05, 0) is 38.0 Å².